The average molecular weight is 278 g/mol. The van der Waals surface area contributed by atoms with Gasteiger partial charge in [-0.05, 0) is 31.5 Å². The van der Waals surface area contributed by atoms with Gasteiger partial charge in [0.2, 0.25) is 0 Å². The van der Waals surface area contributed by atoms with Crippen molar-refractivity contribution in [3.8, 4) is 0 Å². The van der Waals surface area contributed by atoms with E-state index >= 15 is 0 Å². The van der Waals surface area contributed by atoms with Crippen LogP contribution < -0.4 is 5.32 Å². The number of rotatable bonds is 4. The molecule has 0 radical (unpaired) electrons. The number of carbonyl (C=O) groups is 1. The van der Waals surface area contributed by atoms with Crippen LogP contribution in [0.25, 0.3) is 0 Å². The van der Waals surface area contributed by atoms with Crippen molar-refractivity contribution in [1.29, 1.82) is 0 Å². The first-order valence-corrected chi connectivity index (χ1v) is 6.54. The Morgan fingerprint density at radius 3 is 2.63 bits per heavy atom. The van der Waals surface area contributed by atoms with E-state index in [-0.39, 0.29) is 5.91 Å². The summed E-state index contributed by atoms with van der Waals surface area (Å²) in [6.07, 6.45) is 1.77. The lowest BCUT2D eigenvalue weighted by Gasteiger charge is -2.04. The maximum atomic E-state index is 12.0. The second-order valence-electron chi connectivity index (χ2n) is 4.29. The maximum Gasteiger partial charge on any atom is 0.255 e. The number of aryl methyl sites for hydroxylation is 2. The topological polar surface area (TPSA) is 46.9 Å². The van der Waals surface area contributed by atoms with Gasteiger partial charge >= 0.3 is 0 Å². The van der Waals surface area contributed by atoms with Gasteiger partial charge in [0.25, 0.3) is 5.91 Å². The summed E-state index contributed by atoms with van der Waals surface area (Å²) in [5, 5.41) is 7.82. The lowest BCUT2D eigenvalue weighted by atomic mass is 10.2. The van der Waals surface area contributed by atoms with Crippen molar-refractivity contribution in [2.45, 2.75) is 26.9 Å². The molecule has 2 rings (SSSR count). The highest BCUT2D eigenvalue weighted by molar-refractivity contribution is 6.30. The van der Waals surface area contributed by atoms with E-state index < -0.39 is 0 Å². The van der Waals surface area contributed by atoms with E-state index in [4.69, 9.17) is 11.6 Å². The summed E-state index contributed by atoms with van der Waals surface area (Å²) in [6, 6.07) is 7.41. The molecule has 4 nitrogen and oxygen atoms in total. The molecule has 0 aliphatic carbocycles. The minimum Gasteiger partial charge on any atom is -0.348 e. The van der Waals surface area contributed by atoms with Crippen LogP contribution in [0.2, 0.25) is 5.02 Å². The molecule has 1 amide bonds. The Bertz CT molecular complexity index is 575. The number of nitrogens with one attached hydrogen (secondary N) is 1. The van der Waals surface area contributed by atoms with Crippen LogP contribution in [-0.4, -0.2) is 15.7 Å². The lowest BCUT2D eigenvalue weighted by Crippen LogP contribution is -2.23. The van der Waals surface area contributed by atoms with Gasteiger partial charge in [0, 0.05) is 24.3 Å². The second-order valence-corrected chi connectivity index (χ2v) is 4.73. The minimum atomic E-state index is -0.104. The molecule has 19 heavy (non-hydrogen) atoms. The Balaban J connectivity index is 2.01. The van der Waals surface area contributed by atoms with Crippen molar-refractivity contribution in [3.63, 3.8) is 0 Å². The summed E-state index contributed by atoms with van der Waals surface area (Å²) in [5.74, 6) is -0.104. The average Bonchev–Trinajstić information content (AvgIpc) is 2.79. The van der Waals surface area contributed by atoms with E-state index in [0.717, 1.165) is 17.8 Å². The number of hydrogen-bond donors (Lipinski definition) is 1. The molecule has 0 saturated carbocycles. The summed E-state index contributed by atoms with van der Waals surface area (Å²) >= 11 is 5.81. The quantitative estimate of drug-likeness (QED) is 0.934. The SMILES string of the molecule is CCn1cc(C(=O)NCc2ccc(Cl)cc2)c(C)n1. The van der Waals surface area contributed by atoms with Gasteiger partial charge in [0.1, 0.15) is 0 Å². The molecule has 1 N–H and O–H groups in total. The summed E-state index contributed by atoms with van der Waals surface area (Å²) in [4.78, 5) is 12.0. The van der Waals surface area contributed by atoms with Gasteiger partial charge in [-0.2, -0.15) is 5.10 Å². The molecule has 0 saturated heterocycles. The highest BCUT2D eigenvalue weighted by Crippen LogP contribution is 2.10. The number of benzene rings is 1. The van der Waals surface area contributed by atoms with Gasteiger partial charge in [0.05, 0.1) is 11.3 Å². The largest absolute Gasteiger partial charge is 0.348 e. The normalized spacial score (nSPS) is 10.5. The van der Waals surface area contributed by atoms with Crippen LogP contribution in [0.15, 0.2) is 30.5 Å². The van der Waals surface area contributed by atoms with E-state index in [1.54, 1.807) is 10.9 Å². The smallest absolute Gasteiger partial charge is 0.255 e. The Labute approximate surface area is 117 Å². The van der Waals surface area contributed by atoms with Crippen molar-refractivity contribution in [2.24, 2.45) is 0 Å². The lowest BCUT2D eigenvalue weighted by molar-refractivity contribution is 0.0950. The van der Waals surface area contributed by atoms with Gasteiger partial charge in [0.15, 0.2) is 0 Å². The summed E-state index contributed by atoms with van der Waals surface area (Å²) in [7, 11) is 0. The molecule has 1 aromatic carbocycles. The molecular weight excluding hydrogens is 262 g/mol. The summed E-state index contributed by atoms with van der Waals surface area (Å²) in [6.45, 7) is 5.06. The highest BCUT2D eigenvalue weighted by atomic mass is 35.5. The van der Waals surface area contributed by atoms with E-state index in [0.29, 0.717) is 17.1 Å². The Kier molecular flexibility index (Phi) is 4.22. The third-order valence-electron chi connectivity index (χ3n) is 2.88. The summed E-state index contributed by atoms with van der Waals surface area (Å²) in [5.41, 5.74) is 2.38. The van der Waals surface area contributed by atoms with E-state index in [2.05, 4.69) is 10.4 Å². The zero-order chi connectivity index (χ0) is 13.8. The highest BCUT2D eigenvalue weighted by Gasteiger charge is 2.12. The van der Waals surface area contributed by atoms with Gasteiger partial charge in [-0.3, -0.25) is 9.48 Å². The van der Waals surface area contributed by atoms with Crippen molar-refractivity contribution in [1.82, 2.24) is 15.1 Å². The molecule has 0 atom stereocenters. The number of hydrogen-bond acceptors (Lipinski definition) is 2. The van der Waals surface area contributed by atoms with Crippen LogP contribution in [0.4, 0.5) is 0 Å². The third-order valence-corrected chi connectivity index (χ3v) is 3.13. The van der Waals surface area contributed by atoms with Crippen LogP contribution in [0.5, 0.6) is 0 Å². The molecule has 0 bridgehead atoms. The third kappa shape index (κ3) is 3.35. The van der Waals surface area contributed by atoms with Crippen LogP contribution in [0, 0.1) is 6.92 Å². The van der Waals surface area contributed by atoms with Crippen LogP contribution >= 0.6 is 11.6 Å². The van der Waals surface area contributed by atoms with Gasteiger partial charge in [-0.25, -0.2) is 0 Å². The molecular formula is C14H16ClN3O. The van der Waals surface area contributed by atoms with Gasteiger partial charge in [-0.15, -0.1) is 0 Å². The molecule has 5 heteroatoms. The van der Waals surface area contributed by atoms with Crippen molar-refractivity contribution >= 4 is 17.5 Å². The van der Waals surface area contributed by atoms with Crippen LogP contribution in [0.3, 0.4) is 0 Å². The van der Waals surface area contributed by atoms with Crippen LogP contribution in [0.1, 0.15) is 28.5 Å². The molecule has 0 spiro atoms. The van der Waals surface area contributed by atoms with Gasteiger partial charge in [-0.1, -0.05) is 23.7 Å². The number of halogens is 1. The molecule has 0 fully saturated rings. The minimum absolute atomic E-state index is 0.104. The first-order chi connectivity index (χ1) is 9.10. The zero-order valence-electron chi connectivity index (χ0n) is 11.0. The molecule has 0 aliphatic rings. The van der Waals surface area contributed by atoms with Crippen molar-refractivity contribution in [2.75, 3.05) is 0 Å². The fourth-order valence-corrected chi connectivity index (χ4v) is 1.91. The number of carbonyl (C=O) groups excluding carboxylic acids is 1. The Morgan fingerprint density at radius 1 is 1.37 bits per heavy atom. The number of nitrogens with zero attached hydrogens (tertiary/aromatic N) is 2. The Morgan fingerprint density at radius 2 is 2.05 bits per heavy atom. The van der Waals surface area contributed by atoms with Crippen molar-refractivity contribution < 1.29 is 4.79 Å². The number of aromatic nitrogens is 2. The molecule has 1 heterocycles. The predicted molar refractivity (Wildman–Crippen MR) is 75.3 cm³/mol. The first kappa shape index (κ1) is 13.6. The van der Waals surface area contributed by atoms with E-state index in [1.807, 2.05) is 38.1 Å². The van der Waals surface area contributed by atoms with Crippen LogP contribution in [-0.2, 0) is 13.1 Å². The van der Waals surface area contributed by atoms with E-state index in [1.165, 1.54) is 0 Å². The van der Waals surface area contributed by atoms with Crippen molar-refractivity contribution in [3.05, 3.63) is 52.3 Å². The molecule has 0 unspecified atom stereocenters. The van der Waals surface area contributed by atoms with Gasteiger partial charge < -0.3 is 5.32 Å². The fourth-order valence-electron chi connectivity index (χ4n) is 1.78. The maximum absolute atomic E-state index is 12.0. The Hall–Kier alpha value is -1.81. The monoisotopic (exact) mass is 277 g/mol. The second kappa shape index (κ2) is 5.89. The molecule has 2 aromatic rings. The first-order valence-electron chi connectivity index (χ1n) is 6.17. The number of amides is 1. The molecule has 1 aromatic heterocycles. The van der Waals surface area contributed by atoms with E-state index in [9.17, 15) is 4.79 Å². The predicted octanol–water partition coefficient (Wildman–Crippen LogP) is 2.79. The standard InChI is InChI=1S/C14H16ClN3O/c1-3-18-9-13(10(2)17-18)14(19)16-8-11-4-6-12(15)7-5-11/h4-7,9H,3,8H2,1-2H3,(H,16,19). The summed E-state index contributed by atoms with van der Waals surface area (Å²) < 4.78 is 1.76. The zero-order valence-corrected chi connectivity index (χ0v) is 11.7. The molecule has 100 valence electrons. The molecule has 0 aliphatic heterocycles. The fraction of sp³-hybridized carbons (Fsp3) is 0.286.